The van der Waals surface area contributed by atoms with Crippen LogP contribution in [-0.2, 0) is 4.74 Å². The molecule has 0 spiro atoms. The second-order valence-corrected chi connectivity index (χ2v) is 6.02. The van der Waals surface area contributed by atoms with Crippen molar-refractivity contribution in [1.29, 1.82) is 0 Å². The van der Waals surface area contributed by atoms with E-state index >= 15 is 0 Å². The number of amides is 1. The molecule has 0 aromatic heterocycles. The van der Waals surface area contributed by atoms with E-state index < -0.39 is 4.92 Å². The molecule has 6 nitrogen and oxygen atoms in total. The summed E-state index contributed by atoms with van der Waals surface area (Å²) in [6.45, 7) is 3.18. The third-order valence-electron chi connectivity index (χ3n) is 4.59. The van der Waals surface area contributed by atoms with Crippen molar-refractivity contribution in [3.63, 3.8) is 0 Å². The summed E-state index contributed by atoms with van der Waals surface area (Å²) in [6.07, 6.45) is 4.17. The lowest BCUT2D eigenvalue weighted by atomic mass is 10.0. The van der Waals surface area contributed by atoms with Gasteiger partial charge in [0.05, 0.1) is 17.1 Å². The van der Waals surface area contributed by atoms with Crippen LogP contribution in [0.1, 0.15) is 41.6 Å². The SMILES string of the molecule is Cc1cc(C(=O)N2CCC[C@H]2[C@@H]2CCCO2)ccc1[N+](=O)[O-]. The smallest absolute Gasteiger partial charge is 0.272 e. The minimum atomic E-state index is -0.422. The topological polar surface area (TPSA) is 72.7 Å². The number of nitrogens with zero attached hydrogens (tertiary/aromatic N) is 2. The third-order valence-corrected chi connectivity index (χ3v) is 4.59. The van der Waals surface area contributed by atoms with Crippen molar-refractivity contribution in [2.75, 3.05) is 13.2 Å². The first-order valence-corrected chi connectivity index (χ1v) is 7.75. The number of likely N-dealkylation sites (tertiary alicyclic amines) is 1. The van der Waals surface area contributed by atoms with Crippen molar-refractivity contribution in [1.82, 2.24) is 4.90 Å². The van der Waals surface area contributed by atoms with E-state index in [-0.39, 0.29) is 23.7 Å². The fraction of sp³-hybridized carbons (Fsp3) is 0.562. The highest BCUT2D eigenvalue weighted by molar-refractivity contribution is 5.95. The van der Waals surface area contributed by atoms with Crippen LogP contribution >= 0.6 is 0 Å². The van der Waals surface area contributed by atoms with Gasteiger partial charge < -0.3 is 9.64 Å². The molecule has 2 heterocycles. The molecule has 3 rings (SSSR count). The Morgan fingerprint density at radius 1 is 1.36 bits per heavy atom. The first kappa shape index (κ1) is 15.0. The molecule has 6 heteroatoms. The maximum atomic E-state index is 12.7. The zero-order valence-electron chi connectivity index (χ0n) is 12.7. The van der Waals surface area contributed by atoms with Crippen molar-refractivity contribution < 1.29 is 14.5 Å². The van der Waals surface area contributed by atoms with Gasteiger partial charge in [-0.1, -0.05) is 0 Å². The molecule has 2 fully saturated rings. The predicted octanol–water partition coefficient (Wildman–Crippen LogP) is 2.69. The monoisotopic (exact) mass is 304 g/mol. The second kappa shape index (κ2) is 6.04. The Bertz CT molecular complexity index is 596. The van der Waals surface area contributed by atoms with Crippen LogP contribution in [0.5, 0.6) is 0 Å². The van der Waals surface area contributed by atoms with E-state index in [1.807, 2.05) is 4.90 Å². The maximum Gasteiger partial charge on any atom is 0.272 e. The quantitative estimate of drug-likeness (QED) is 0.635. The Labute approximate surface area is 129 Å². The molecule has 0 radical (unpaired) electrons. The molecule has 0 bridgehead atoms. The Kier molecular flexibility index (Phi) is 4.11. The van der Waals surface area contributed by atoms with Gasteiger partial charge in [-0.25, -0.2) is 0 Å². The number of carbonyl (C=O) groups excluding carboxylic acids is 1. The molecule has 2 aliphatic heterocycles. The minimum absolute atomic E-state index is 0.0454. The summed E-state index contributed by atoms with van der Waals surface area (Å²) in [6, 6.07) is 4.73. The molecule has 2 atom stereocenters. The molecule has 0 saturated carbocycles. The molecule has 2 aliphatic rings. The summed E-state index contributed by atoms with van der Waals surface area (Å²) in [5, 5.41) is 10.9. The van der Waals surface area contributed by atoms with E-state index in [4.69, 9.17) is 4.74 Å². The van der Waals surface area contributed by atoms with Crippen LogP contribution < -0.4 is 0 Å². The molecule has 0 aliphatic carbocycles. The van der Waals surface area contributed by atoms with E-state index in [2.05, 4.69) is 0 Å². The van der Waals surface area contributed by atoms with Gasteiger partial charge in [-0.3, -0.25) is 14.9 Å². The summed E-state index contributed by atoms with van der Waals surface area (Å²) in [5.41, 5.74) is 1.09. The number of aryl methyl sites for hydroxylation is 1. The second-order valence-electron chi connectivity index (χ2n) is 6.02. The van der Waals surface area contributed by atoms with Gasteiger partial charge in [-0.2, -0.15) is 0 Å². The molecule has 0 unspecified atom stereocenters. The highest BCUT2D eigenvalue weighted by Crippen LogP contribution is 2.29. The maximum absolute atomic E-state index is 12.7. The summed E-state index contributed by atoms with van der Waals surface area (Å²) < 4.78 is 5.74. The number of carbonyl (C=O) groups is 1. The van der Waals surface area contributed by atoms with E-state index in [1.165, 1.54) is 6.07 Å². The van der Waals surface area contributed by atoms with E-state index in [0.29, 0.717) is 11.1 Å². The largest absolute Gasteiger partial charge is 0.376 e. The van der Waals surface area contributed by atoms with Crippen LogP contribution in [-0.4, -0.2) is 41.0 Å². The minimum Gasteiger partial charge on any atom is -0.376 e. The van der Waals surface area contributed by atoms with Crippen molar-refractivity contribution in [2.45, 2.75) is 44.8 Å². The van der Waals surface area contributed by atoms with Crippen molar-refractivity contribution >= 4 is 11.6 Å². The Balaban J connectivity index is 1.80. The van der Waals surface area contributed by atoms with Crippen LogP contribution in [0.2, 0.25) is 0 Å². The molecule has 1 aromatic carbocycles. The fourth-order valence-corrected chi connectivity index (χ4v) is 3.50. The molecular weight excluding hydrogens is 284 g/mol. The number of ether oxygens (including phenoxy) is 1. The van der Waals surface area contributed by atoms with Gasteiger partial charge >= 0.3 is 0 Å². The van der Waals surface area contributed by atoms with Crippen LogP contribution in [0.25, 0.3) is 0 Å². The Morgan fingerprint density at radius 3 is 2.82 bits per heavy atom. The summed E-state index contributed by atoms with van der Waals surface area (Å²) >= 11 is 0. The van der Waals surface area contributed by atoms with Crippen molar-refractivity contribution in [3.8, 4) is 0 Å². The van der Waals surface area contributed by atoms with Crippen LogP contribution in [0, 0.1) is 17.0 Å². The van der Waals surface area contributed by atoms with E-state index in [1.54, 1.807) is 19.1 Å². The molecule has 1 aromatic rings. The number of hydrogen-bond acceptors (Lipinski definition) is 4. The van der Waals surface area contributed by atoms with Crippen LogP contribution in [0.15, 0.2) is 18.2 Å². The average molecular weight is 304 g/mol. The molecule has 1 amide bonds. The zero-order valence-corrected chi connectivity index (χ0v) is 12.7. The van der Waals surface area contributed by atoms with Gasteiger partial charge in [0.1, 0.15) is 0 Å². The third kappa shape index (κ3) is 2.70. The number of nitro benzene ring substituents is 1. The van der Waals surface area contributed by atoms with Gasteiger partial charge in [-0.05, 0) is 44.7 Å². The van der Waals surface area contributed by atoms with Gasteiger partial charge in [0, 0.05) is 30.3 Å². The van der Waals surface area contributed by atoms with Gasteiger partial charge in [0.25, 0.3) is 11.6 Å². The Morgan fingerprint density at radius 2 is 2.18 bits per heavy atom. The Hall–Kier alpha value is -1.95. The average Bonchev–Trinajstić information content (AvgIpc) is 3.16. The van der Waals surface area contributed by atoms with E-state index in [0.717, 1.165) is 38.8 Å². The summed E-state index contributed by atoms with van der Waals surface area (Å²) in [7, 11) is 0. The molecule has 22 heavy (non-hydrogen) atoms. The molecule has 118 valence electrons. The van der Waals surface area contributed by atoms with Gasteiger partial charge in [0.2, 0.25) is 0 Å². The summed E-state index contributed by atoms with van der Waals surface area (Å²) in [4.78, 5) is 25.1. The van der Waals surface area contributed by atoms with Crippen molar-refractivity contribution in [2.24, 2.45) is 0 Å². The van der Waals surface area contributed by atoms with Gasteiger partial charge in [-0.15, -0.1) is 0 Å². The normalized spacial score (nSPS) is 24.7. The molecule has 2 saturated heterocycles. The first-order valence-electron chi connectivity index (χ1n) is 7.75. The number of benzene rings is 1. The number of nitro groups is 1. The lowest BCUT2D eigenvalue weighted by molar-refractivity contribution is -0.385. The highest BCUT2D eigenvalue weighted by Gasteiger charge is 2.37. The van der Waals surface area contributed by atoms with Crippen LogP contribution in [0.4, 0.5) is 5.69 Å². The fourth-order valence-electron chi connectivity index (χ4n) is 3.50. The lowest BCUT2D eigenvalue weighted by Gasteiger charge is -2.29. The van der Waals surface area contributed by atoms with Gasteiger partial charge in [0.15, 0.2) is 0 Å². The van der Waals surface area contributed by atoms with Crippen LogP contribution in [0.3, 0.4) is 0 Å². The van der Waals surface area contributed by atoms with E-state index in [9.17, 15) is 14.9 Å². The summed E-state index contributed by atoms with van der Waals surface area (Å²) in [5.74, 6) is -0.0454. The molecule has 0 N–H and O–H groups in total. The number of hydrogen-bond donors (Lipinski definition) is 0. The molecular formula is C16H20N2O4. The van der Waals surface area contributed by atoms with Crippen molar-refractivity contribution in [3.05, 3.63) is 39.4 Å². The standard InChI is InChI=1S/C16H20N2O4/c1-11-10-12(6-7-13(11)18(20)21)16(19)17-8-2-4-14(17)15-5-3-9-22-15/h6-7,10,14-15H,2-5,8-9H2,1H3/t14-,15-/m0/s1. The lowest BCUT2D eigenvalue weighted by Crippen LogP contribution is -2.42. The highest BCUT2D eigenvalue weighted by atomic mass is 16.6. The predicted molar refractivity (Wildman–Crippen MR) is 80.9 cm³/mol. The zero-order chi connectivity index (χ0) is 15.7. The number of rotatable bonds is 3. The first-order chi connectivity index (χ1) is 10.6.